The fourth-order valence-electron chi connectivity index (χ4n) is 0.375. The molecule has 0 saturated carbocycles. The molecule has 0 heterocycles. The van der Waals surface area contributed by atoms with Gasteiger partial charge in [0.25, 0.3) is 0 Å². The first-order valence-electron chi connectivity index (χ1n) is 2.56. The molecule has 0 aliphatic heterocycles. The van der Waals surface area contributed by atoms with Crippen molar-refractivity contribution in [2.45, 2.75) is 30.3 Å². The van der Waals surface area contributed by atoms with Crippen LogP contribution in [0.25, 0.3) is 0 Å². The Balaban J connectivity index is 0. The third-order valence-corrected chi connectivity index (χ3v) is 1.65. The molecule has 0 aliphatic rings. The van der Waals surface area contributed by atoms with E-state index in [0.717, 1.165) is 0 Å². The van der Waals surface area contributed by atoms with Crippen molar-refractivity contribution in [1.29, 1.82) is 0 Å². The van der Waals surface area contributed by atoms with E-state index in [1.165, 1.54) is 23.4 Å². The van der Waals surface area contributed by atoms with Crippen molar-refractivity contribution in [2.24, 2.45) is 0 Å². The average Bonchev–Trinajstić information content (AvgIpc) is 1.61. The minimum absolute atomic E-state index is 0. The van der Waals surface area contributed by atoms with E-state index in [1.807, 2.05) is 0 Å². The van der Waals surface area contributed by atoms with Crippen LogP contribution in [0, 0.1) is 0 Å². The van der Waals surface area contributed by atoms with Crippen LogP contribution in [0.4, 0.5) is 0 Å². The van der Waals surface area contributed by atoms with Crippen LogP contribution in [0.5, 0.6) is 0 Å². The van der Waals surface area contributed by atoms with Crippen LogP contribution in [-0.4, -0.2) is 5.48 Å². The van der Waals surface area contributed by atoms with Crippen LogP contribution in [0.2, 0.25) is 4.13 Å². The van der Waals surface area contributed by atoms with Crippen LogP contribution in [0.1, 0.15) is 26.2 Å². The Kier molecular flexibility index (Phi) is 15.3. The molecule has 1 nitrogen and oxygen atoms in total. The van der Waals surface area contributed by atoms with Crippen molar-refractivity contribution in [1.82, 2.24) is 0 Å². The van der Waals surface area contributed by atoms with Crippen LogP contribution >= 0.6 is 0 Å². The summed E-state index contributed by atoms with van der Waals surface area (Å²) in [4.78, 5) is 0. The maximum atomic E-state index is 2.24. The molecule has 0 saturated heterocycles. The van der Waals surface area contributed by atoms with E-state index in [9.17, 15) is 0 Å². The Morgan fingerprint density at radius 1 is 1.29 bits per heavy atom. The second-order valence-corrected chi connectivity index (χ2v) is 2.69. The fourth-order valence-corrected chi connectivity index (χ4v) is 0.990. The van der Waals surface area contributed by atoms with E-state index in [0.29, 0.717) is 0 Å². The van der Waals surface area contributed by atoms with Gasteiger partial charge in [-0.2, -0.15) is 0 Å². The summed E-state index contributed by atoms with van der Waals surface area (Å²) in [5, 5.41) is 0. The van der Waals surface area contributed by atoms with Gasteiger partial charge >= 0.3 is 55.0 Å². The monoisotopic (exact) mass is 178 g/mol. The summed E-state index contributed by atoms with van der Waals surface area (Å²) in [6.07, 6.45) is 4.26. The van der Waals surface area contributed by atoms with E-state index in [1.54, 1.807) is 24.7 Å². The summed E-state index contributed by atoms with van der Waals surface area (Å²) < 4.78 is 1.44. The molecule has 0 aliphatic carbocycles. The molecule has 2 heteroatoms. The summed E-state index contributed by atoms with van der Waals surface area (Å²) in [5.74, 6) is 0. The molecule has 0 aromatic rings. The topological polar surface area (TPSA) is 30.0 Å². The standard InChI is InChI=1S/C5H11.H2O.Zr/c1-3-5-4-2;;/h1,3-5H2,2H3;1H2;/q;;+1/p-1. The van der Waals surface area contributed by atoms with E-state index < -0.39 is 0 Å². The maximum absolute atomic E-state index is 2.24. The third-order valence-electron chi connectivity index (χ3n) is 0.780. The van der Waals surface area contributed by atoms with Gasteiger partial charge in [-0.05, 0) is 0 Å². The molecule has 0 fully saturated rings. The maximum Gasteiger partial charge on any atom is -0.870 e. The van der Waals surface area contributed by atoms with Crippen molar-refractivity contribution in [3.05, 3.63) is 0 Å². The molecule has 0 rings (SSSR count). The fraction of sp³-hybridized carbons (Fsp3) is 1.00. The molecule has 0 atom stereocenters. The Bertz CT molecular complexity index is 20.0. The third kappa shape index (κ3) is 10.9. The van der Waals surface area contributed by atoms with Crippen molar-refractivity contribution in [3.63, 3.8) is 0 Å². The quantitative estimate of drug-likeness (QED) is 0.609. The van der Waals surface area contributed by atoms with Crippen LogP contribution in [-0.2, 0) is 24.7 Å². The average molecular weight is 179 g/mol. The molecule has 0 unspecified atom stereocenters. The van der Waals surface area contributed by atoms with Crippen molar-refractivity contribution < 1.29 is 30.2 Å². The Labute approximate surface area is 60.6 Å². The normalized spacial score (nSPS) is 7.43. The number of unbranched alkanes of at least 4 members (excludes halogenated alkanes) is 2. The Morgan fingerprint density at radius 3 is 2.00 bits per heavy atom. The summed E-state index contributed by atoms with van der Waals surface area (Å²) in [5.41, 5.74) is 0. The first kappa shape index (κ1) is 10.8. The van der Waals surface area contributed by atoms with Gasteiger partial charge in [0.05, 0.1) is 0 Å². The van der Waals surface area contributed by atoms with Crippen LogP contribution in [0.15, 0.2) is 0 Å². The zero-order valence-corrected chi connectivity index (χ0v) is 7.23. The van der Waals surface area contributed by atoms with Crippen molar-refractivity contribution >= 4 is 0 Å². The first-order chi connectivity index (χ1) is 2.91. The molecule has 0 amide bonds. The second-order valence-electron chi connectivity index (χ2n) is 1.46. The molecule has 42 valence electrons. The molecule has 0 aromatic heterocycles. The minimum atomic E-state index is 0. The van der Waals surface area contributed by atoms with Crippen LogP contribution < -0.4 is 0 Å². The van der Waals surface area contributed by atoms with E-state index in [-0.39, 0.29) is 5.48 Å². The molecular formula is C5H12OZr. The van der Waals surface area contributed by atoms with E-state index in [2.05, 4.69) is 6.92 Å². The smallest absolute Gasteiger partial charge is 0.870 e. The van der Waals surface area contributed by atoms with Gasteiger partial charge in [-0.25, -0.2) is 0 Å². The number of hydrogen-bond donors (Lipinski definition) is 0. The SMILES string of the molecule is CCCC[CH2][Zr+].[OH-]. The molecule has 0 spiro atoms. The number of rotatable bonds is 3. The van der Waals surface area contributed by atoms with Gasteiger partial charge in [0.2, 0.25) is 0 Å². The molecule has 1 N–H and O–H groups in total. The van der Waals surface area contributed by atoms with Gasteiger partial charge in [-0.1, -0.05) is 0 Å². The zero-order chi connectivity index (χ0) is 4.83. The van der Waals surface area contributed by atoms with Gasteiger partial charge in [0, 0.05) is 0 Å². The second kappa shape index (κ2) is 9.96. The largest absolute Gasteiger partial charge is 0.870 e. The molecule has 0 aromatic carbocycles. The first-order valence-corrected chi connectivity index (χ1v) is 4.30. The summed E-state index contributed by atoms with van der Waals surface area (Å²) in [7, 11) is 0. The predicted molar refractivity (Wildman–Crippen MR) is 26.3 cm³/mol. The zero-order valence-electron chi connectivity index (χ0n) is 4.78. The predicted octanol–water partition coefficient (Wildman–Crippen LogP) is 1.96. The molecule has 0 radical (unpaired) electrons. The molecular weight excluding hydrogens is 167 g/mol. The van der Waals surface area contributed by atoms with Crippen LogP contribution in [0.3, 0.4) is 0 Å². The Morgan fingerprint density at radius 2 is 1.86 bits per heavy atom. The summed E-state index contributed by atoms with van der Waals surface area (Å²) in [6, 6.07) is 0. The number of hydrogen-bond acceptors (Lipinski definition) is 1. The van der Waals surface area contributed by atoms with E-state index in [4.69, 9.17) is 0 Å². The van der Waals surface area contributed by atoms with Crippen molar-refractivity contribution in [2.75, 3.05) is 0 Å². The summed E-state index contributed by atoms with van der Waals surface area (Å²) in [6.45, 7) is 2.24. The van der Waals surface area contributed by atoms with Gasteiger partial charge in [0.1, 0.15) is 0 Å². The molecule has 7 heavy (non-hydrogen) atoms. The minimum Gasteiger partial charge on any atom is -0.870 e. The van der Waals surface area contributed by atoms with Gasteiger partial charge in [0.15, 0.2) is 0 Å². The van der Waals surface area contributed by atoms with Gasteiger partial charge in [-0.15, -0.1) is 0 Å². The summed E-state index contributed by atoms with van der Waals surface area (Å²) >= 11 is 1.69. The van der Waals surface area contributed by atoms with Gasteiger partial charge in [-0.3, -0.25) is 0 Å². The Hall–Kier alpha value is 0.843. The van der Waals surface area contributed by atoms with Crippen molar-refractivity contribution in [3.8, 4) is 0 Å². The molecule has 0 bridgehead atoms. The van der Waals surface area contributed by atoms with E-state index >= 15 is 0 Å². The van der Waals surface area contributed by atoms with Gasteiger partial charge < -0.3 is 5.48 Å².